The van der Waals surface area contributed by atoms with E-state index < -0.39 is 0 Å². The molecule has 2 heterocycles. The van der Waals surface area contributed by atoms with Crippen LogP contribution in [0.5, 0.6) is 11.5 Å². The number of ether oxygens (including phenoxy) is 3. The number of aromatic amines is 1. The minimum absolute atomic E-state index is 0.0278. The predicted molar refractivity (Wildman–Crippen MR) is 91.8 cm³/mol. The first-order valence-corrected chi connectivity index (χ1v) is 8.31. The van der Waals surface area contributed by atoms with Gasteiger partial charge in [-0.15, -0.1) is 0 Å². The standard InChI is InChI=1S/C18H23N3O4/c1-12-9-21(10-13(2)25-12)18(22)15-8-14(19-20-15)11-24-17-7-5-4-6-16(17)23-3/h4-8,12-13H,9-11H2,1-3H3,(H,19,20)/t12-,13+. The summed E-state index contributed by atoms with van der Waals surface area (Å²) in [7, 11) is 1.60. The maximum Gasteiger partial charge on any atom is 0.274 e. The fourth-order valence-electron chi connectivity index (χ4n) is 2.94. The van der Waals surface area contributed by atoms with E-state index in [2.05, 4.69) is 10.2 Å². The van der Waals surface area contributed by atoms with Crippen molar-refractivity contribution in [2.24, 2.45) is 0 Å². The van der Waals surface area contributed by atoms with Crippen LogP contribution in [0, 0.1) is 0 Å². The zero-order valence-electron chi connectivity index (χ0n) is 14.7. The number of nitrogens with one attached hydrogen (secondary N) is 1. The molecule has 1 aliphatic heterocycles. The Hall–Kier alpha value is -2.54. The third-order valence-electron chi connectivity index (χ3n) is 4.01. The highest BCUT2D eigenvalue weighted by molar-refractivity contribution is 5.92. The lowest BCUT2D eigenvalue weighted by atomic mass is 10.2. The molecule has 0 saturated carbocycles. The van der Waals surface area contributed by atoms with Gasteiger partial charge in [-0.1, -0.05) is 12.1 Å². The SMILES string of the molecule is COc1ccccc1OCc1cc(C(=O)N2C[C@@H](C)O[C@@H](C)C2)n[nH]1. The smallest absolute Gasteiger partial charge is 0.274 e. The molecule has 2 aromatic rings. The first-order chi connectivity index (χ1) is 12.1. The second kappa shape index (κ2) is 7.57. The molecule has 134 valence electrons. The van der Waals surface area contributed by atoms with E-state index in [1.54, 1.807) is 18.1 Å². The Morgan fingerprint density at radius 2 is 1.96 bits per heavy atom. The van der Waals surface area contributed by atoms with Gasteiger partial charge in [-0.05, 0) is 32.0 Å². The summed E-state index contributed by atoms with van der Waals surface area (Å²) in [4.78, 5) is 14.4. The number of carbonyl (C=O) groups excluding carboxylic acids is 1. The highest BCUT2D eigenvalue weighted by Crippen LogP contribution is 2.26. The van der Waals surface area contributed by atoms with Crippen molar-refractivity contribution in [3.63, 3.8) is 0 Å². The second-order valence-electron chi connectivity index (χ2n) is 6.19. The van der Waals surface area contributed by atoms with E-state index in [4.69, 9.17) is 14.2 Å². The minimum Gasteiger partial charge on any atom is -0.493 e. The lowest BCUT2D eigenvalue weighted by Crippen LogP contribution is -2.48. The first kappa shape index (κ1) is 17.3. The Bertz CT molecular complexity index is 721. The summed E-state index contributed by atoms with van der Waals surface area (Å²) >= 11 is 0. The van der Waals surface area contributed by atoms with Gasteiger partial charge in [0.25, 0.3) is 5.91 Å². The van der Waals surface area contributed by atoms with Crippen molar-refractivity contribution in [3.05, 3.63) is 41.7 Å². The van der Waals surface area contributed by atoms with Crippen LogP contribution in [0.3, 0.4) is 0 Å². The van der Waals surface area contributed by atoms with Crippen molar-refractivity contribution in [1.82, 2.24) is 15.1 Å². The Morgan fingerprint density at radius 1 is 1.28 bits per heavy atom. The van der Waals surface area contributed by atoms with Crippen LogP contribution in [0.15, 0.2) is 30.3 Å². The Morgan fingerprint density at radius 3 is 2.64 bits per heavy atom. The van der Waals surface area contributed by atoms with E-state index in [9.17, 15) is 4.79 Å². The number of morpholine rings is 1. The third-order valence-corrected chi connectivity index (χ3v) is 4.01. The molecule has 1 aliphatic rings. The molecule has 0 bridgehead atoms. The quantitative estimate of drug-likeness (QED) is 0.899. The fraction of sp³-hybridized carbons (Fsp3) is 0.444. The van der Waals surface area contributed by atoms with E-state index in [1.807, 2.05) is 38.1 Å². The zero-order chi connectivity index (χ0) is 17.8. The molecular formula is C18H23N3O4. The van der Waals surface area contributed by atoms with Gasteiger partial charge in [-0.25, -0.2) is 0 Å². The van der Waals surface area contributed by atoms with Crippen molar-refractivity contribution >= 4 is 5.91 Å². The average molecular weight is 345 g/mol. The molecule has 1 N–H and O–H groups in total. The highest BCUT2D eigenvalue weighted by Gasteiger charge is 2.27. The average Bonchev–Trinajstić information content (AvgIpc) is 3.07. The number of methoxy groups -OCH3 is 1. The van der Waals surface area contributed by atoms with Crippen molar-refractivity contribution in [3.8, 4) is 11.5 Å². The summed E-state index contributed by atoms with van der Waals surface area (Å²) in [5.74, 6) is 1.21. The van der Waals surface area contributed by atoms with Crippen molar-refractivity contribution < 1.29 is 19.0 Å². The molecule has 0 unspecified atom stereocenters. The summed E-state index contributed by atoms with van der Waals surface area (Å²) in [6.07, 6.45) is 0.0555. The van der Waals surface area contributed by atoms with Gasteiger partial charge in [0.05, 0.1) is 25.0 Å². The summed E-state index contributed by atoms with van der Waals surface area (Å²) < 4.78 is 16.7. The maximum absolute atomic E-state index is 12.6. The normalized spacial score (nSPS) is 20.4. The molecule has 7 heteroatoms. The van der Waals surface area contributed by atoms with Gasteiger partial charge in [0.15, 0.2) is 17.2 Å². The van der Waals surface area contributed by atoms with Gasteiger partial charge in [-0.2, -0.15) is 5.10 Å². The van der Waals surface area contributed by atoms with Crippen LogP contribution in [0.2, 0.25) is 0 Å². The second-order valence-corrected chi connectivity index (χ2v) is 6.19. The lowest BCUT2D eigenvalue weighted by Gasteiger charge is -2.34. The van der Waals surface area contributed by atoms with E-state index in [-0.39, 0.29) is 24.7 Å². The Kier molecular flexibility index (Phi) is 5.23. The molecule has 2 atom stereocenters. The van der Waals surface area contributed by atoms with Crippen molar-refractivity contribution in [2.75, 3.05) is 20.2 Å². The summed E-state index contributed by atoms with van der Waals surface area (Å²) in [6.45, 7) is 5.35. The first-order valence-electron chi connectivity index (χ1n) is 8.31. The molecule has 1 saturated heterocycles. The van der Waals surface area contributed by atoms with Crippen LogP contribution < -0.4 is 9.47 Å². The monoisotopic (exact) mass is 345 g/mol. The summed E-state index contributed by atoms with van der Waals surface area (Å²) in [5.41, 5.74) is 1.11. The van der Waals surface area contributed by atoms with Crippen LogP contribution in [-0.4, -0.2) is 53.4 Å². The van der Waals surface area contributed by atoms with Gasteiger partial charge in [-0.3, -0.25) is 9.89 Å². The molecule has 25 heavy (non-hydrogen) atoms. The number of carbonyl (C=O) groups is 1. The maximum atomic E-state index is 12.6. The fourth-order valence-corrected chi connectivity index (χ4v) is 2.94. The van der Waals surface area contributed by atoms with E-state index in [0.717, 1.165) is 5.69 Å². The largest absolute Gasteiger partial charge is 0.493 e. The van der Waals surface area contributed by atoms with E-state index in [1.165, 1.54) is 0 Å². The van der Waals surface area contributed by atoms with Crippen LogP contribution in [0.4, 0.5) is 0 Å². The van der Waals surface area contributed by atoms with Gasteiger partial charge in [0, 0.05) is 13.1 Å². The molecular weight excluding hydrogens is 322 g/mol. The topological polar surface area (TPSA) is 76.7 Å². The summed E-state index contributed by atoms with van der Waals surface area (Å²) in [6, 6.07) is 9.14. The van der Waals surface area contributed by atoms with Gasteiger partial charge in [0.2, 0.25) is 0 Å². The molecule has 0 radical (unpaired) electrons. The number of benzene rings is 1. The van der Waals surface area contributed by atoms with E-state index >= 15 is 0 Å². The van der Waals surface area contributed by atoms with Gasteiger partial charge in [0.1, 0.15) is 6.61 Å². The number of amides is 1. The van der Waals surface area contributed by atoms with Crippen LogP contribution in [-0.2, 0) is 11.3 Å². The molecule has 3 rings (SSSR count). The van der Waals surface area contributed by atoms with Gasteiger partial charge < -0.3 is 19.1 Å². The zero-order valence-corrected chi connectivity index (χ0v) is 14.7. The number of rotatable bonds is 5. The number of para-hydroxylation sites is 2. The molecule has 1 aromatic carbocycles. The number of nitrogens with zero attached hydrogens (tertiary/aromatic N) is 2. The Labute approximate surface area is 146 Å². The third kappa shape index (κ3) is 4.11. The van der Waals surface area contributed by atoms with Crippen LogP contribution in [0.1, 0.15) is 30.0 Å². The predicted octanol–water partition coefficient (Wildman–Crippen LogP) is 2.25. The number of hydrogen-bond donors (Lipinski definition) is 1. The number of hydrogen-bond acceptors (Lipinski definition) is 5. The summed E-state index contributed by atoms with van der Waals surface area (Å²) in [5, 5.41) is 6.99. The van der Waals surface area contributed by atoms with Crippen molar-refractivity contribution in [2.45, 2.75) is 32.7 Å². The van der Waals surface area contributed by atoms with Crippen LogP contribution in [0.25, 0.3) is 0 Å². The molecule has 1 fully saturated rings. The van der Waals surface area contributed by atoms with E-state index in [0.29, 0.717) is 30.3 Å². The molecule has 0 aliphatic carbocycles. The molecule has 0 spiro atoms. The number of aromatic nitrogens is 2. The molecule has 7 nitrogen and oxygen atoms in total. The highest BCUT2D eigenvalue weighted by atomic mass is 16.5. The molecule has 1 aromatic heterocycles. The lowest BCUT2D eigenvalue weighted by molar-refractivity contribution is -0.0587. The van der Waals surface area contributed by atoms with Crippen LogP contribution >= 0.6 is 0 Å². The minimum atomic E-state index is -0.0956. The van der Waals surface area contributed by atoms with Gasteiger partial charge >= 0.3 is 0 Å². The Balaban J connectivity index is 1.63. The molecule has 1 amide bonds. The van der Waals surface area contributed by atoms with Crippen molar-refractivity contribution in [1.29, 1.82) is 0 Å². The number of H-pyrrole nitrogens is 1.